The molecule has 0 amide bonds. The second kappa shape index (κ2) is 6.38. The molecule has 1 saturated carbocycles. The summed E-state index contributed by atoms with van der Waals surface area (Å²) in [7, 11) is 0. The zero-order valence-electron chi connectivity index (χ0n) is 13.0. The number of fused-ring (bicyclic) bond motifs is 1. The van der Waals surface area contributed by atoms with Gasteiger partial charge in [-0.25, -0.2) is 9.97 Å². The van der Waals surface area contributed by atoms with E-state index < -0.39 is 0 Å². The fraction of sp³-hybridized carbons (Fsp3) is 0.562. The molecule has 1 fully saturated rings. The van der Waals surface area contributed by atoms with E-state index in [1.54, 1.807) is 6.20 Å². The van der Waals surface area contributed by atoms with Crippen molar-refractivity contribution < 1.29 is 5.11 Å². The molecule has 3 rings (SSSR count). The average Bonchev–Trinajstić information content (AvgIpc) is 2.94. The van der Waals surface area contributed by atoms with E-state index in [9.17, 15) is 9.90 Å². The SMILES string of the molecule is CSc1ncc2cc(CCO)c(=O)n([C@@H]3CCC[C@@H]3C)c2n1. The molecule has 0 unspecified atom stereocenters. The molecule has 0 radical (unpaired) electrons. The van der Waals surface area contributed by atoms with E-state index in [1.165, 1.54) is 11.8 Å². The summed E-state index contributed by atoms with van der Waals surface area (Å²) in [6.07, 6.45) is 7.39. The molecule has 0 aliphatic heterocycles. The lowest BCUT2D eigenvalue weighted by molar-refractivity contribution is 0.298. The van der Waals surface area contributed by atoms with Gasteiger partial charge in [-0.2, -0.15) is 0 Å². The van der Waals surface area contributed by atoms with Gasteiger partial charge in [-0.3, -0.25) is 9.36 Å². The molecule has 1 aliphatic rings. The van der Waals surface area contributed by atoms with Crippen molar-refractivity contribution in [1.29, 1.82) is 0 Å². The second-order valence-corrected chi connectivity index (χ2v) is 6.70. The van der Waals surface area contributed by atoms with Gasteiger partial charge in [0.05, 0.1) is 0 Å². The molecule has 22 heavy (non-hydrogen) atoms. The number of rotatable bonds is 4. The Morgan fingerprint density at radius 3 is 2.91 bits per heavy atom. The Balaban J connectivity index is 2.28. The highest BCUT2D eigenvalue weighted by Crippen LogP contribution is 2.36. The van der Waals surface area contributed by atoms with Crippen molar-refractivity contribution >= 4 is 22.8 Å². The Morgan fingerprint density at radius 2 is 2.27 bits per heavy atom. The van der Waals surface area contributed by atoms with Crippen LogP contribution in [-0.4, -0.2) is 32.5 Å². The van der Waals surface area contributed by atoms with Gasteiger partial charge < -0.3 is 5.11 Å². The molecule has 1 N–H and O–H groups in total. The first kappa shape index (κ1) is 15.5. The zero-order valence-corrected chi connectivity index (χ0v) is 13.8. The number of hydrogen-bond donors (Lipinski definition) is 1. The lowest BCUT2D eigenvalue weighted by atomic mass is 10.0. The van der Waals surface area contributed by atoms with Crippen LogP contribution in [0.15, 0.2) is 22.2 Å². The van der Waals surface area contributed by atoms with E-state index in [-0.39, 0.29) is 18.2 Å². The molecule has 2 heterocycles. The lowest BCUT2D eigenvalue weighted by Crippen LogP contribution is -2.30. The van der Waals surface area contributed by atoms with Crippen LogP contribution in [0.5, 0.6) is 0 Å². The molecule has 6 heteroatoms. The van der Waals surface area contributed by atoms with Crippen LogP contribution in [0, 0.1) is 5.92 Å². The van der Waals surface area contributed by atoms with Gasteiger partial charge in [0.25, 0.3) is 5.56 Å². The van der Waals surface area contributed by atoms with Crippen LogP contribution in [-0.2, 0) is 6.42 Å². The predicted molar refractivity (Wildman–Crippen MR) is 88.4 cm³/mol. The van der Waals surface area contributed by atoms with Crippen LogP contribution < -0.4 is 5.56 Å². The van der Waals surface area contributed by atoms with Gasteiger partial charge in [0, 0.05) is 36.2 Å². The maximum absolute atomic E-state index is 12.9. The molecule has 0 saturated heterocycles. The van der Waals surface area contributed by atoms with Crippen LogP contribution in [0.2, 0.25) is 0 Å². The number of aliphatic hydroxyl groups excluding tert-OH is 1. The summed E-state index contributed by atoms with van der Waals surface area (Å²) in [5.74, 6) is 0.470. The van der Waals surface area contributed by atoms with E-state index in [2.05, 4.69) is 16.9 Å². The molecule has 0 spiro atoms. The monoisotopic (exact) mass is 319 g/mol. The van der Waals surface area contributed by atoms with Crippen LogP contribution in [0.4, 0.5) is 0 Å². The third-order valence-corrected chi connectivity index (χ3v) is 5.10. The number of pyridine rings is 1. The first-order valence-corrected chi connectivity index (χ1v) is 8.94. The Bertz CT molecular complexity index is 744. The third kappa shape index (κ3) is 2.65. The van der Waals surface area contributed by atoms with Gasteiger partial charge in [0.1, 0.15) is 5.65 Å². The van der Waals surface area contributed by atoms with Gasteiger partial charge in [-0.1, -0.05) is 25.1 Å². The van der Waals surface area contributed by atoms with Crippen molar-refractivity contribution in [3.05, 3.63) is 28.2 Å². The van der Waals surface area contributed by atoms with Crippen molar-refractivity contribution in [2.75, 3.05) is 12.9 Å². The summed E-state index contributed by atoms with van der Waals surface area (Å²) in [5.41, 5.74) is 1.37. The fourth-order valence-corrected chi connectivity index (χ4v) is 3.71. The smallest absolute Gasteiger partial charge is 0.255 e. The standard InChI is InChI=1S/C16H21N3O2S/c1-10-4-3-5-13(10)19-14-12(9-17-16(18-14)22-2)8-11(6-7-20)15(19)21/h8-10,13,20H,3-7H2,1-2H3/t10-,13+/m0/s1. The fourth-order valence-electron chi connectivity index (χ4n) is 3.38. The van der Waals surface area contributed by atoms with Gasteiger partial charge in [0.15, 0.2) is 5.16 Å². The Labute approximate surface area is 133 Å². The summed E-state index contributed by atoms with van der Waals surface area (Å²) < 4.78 is 1.86. The molecule has 2 atom stereocenters. The molecule has 118 valence electrons. The Morgan fingerprint density at radius 1 is 1.45 bits per heavy atom. The molecule has 1 aliphatic carbocycles. The van der Waals surface area contributed by atoms with Crippen molar-refractivity contribution in [2.24, 2.45) is 5.92 Å². The highest BCUT2D eigenvalue weighted by molar-refractivity contribution is 7.98. The minimum atomic E-state index is -0.0231. The molecule has 2 aromatic heterocycles. The number of thioether (sulfide) groups is 1. The molecule has 2 aromatic rings. The third-order valence-electron chi connectivity index (χ3n) is 4.54. The summed E-state index contributed by atoms with van der Waals surface area (Å²) in [5, 5.41) is 10.8. The first-order chi connectivity index (χ1) is 10.7. The first-order valence-electron chi connectivity index (χ1n) is 7.71. The van der Waals surface area contributed by atoms with Crippen molar-refractivity contribution in [3.63, 3.8) is 0 Å². The van der Waals surface area contributed by atoms with Gasteiger partial charge in [-0.05, 0) is 31.1 Å². The van der Waals surface area contributed by atoms with Crippen LogP contribution in [0.25, 0.3) is 11.0 Å². The summed E-state index contributed by atoms with van der Waals surface area (Å²) in [6.45, 7) is 2.18. The minimum Gasteiger partial charge on any atom is -0.396 e. The van der Waals surface area contributed by atoms with Crippen molar-refractivity contribution in [3.8, 4) is 0 Å². The maximum atomic E-state index is 12.9. The van der Waals surface area contributed by atoms with Gasteiger partial charge in [-0.15, -0.1) is 0 Å². The van der Waals surface area contributed by atoms with Gasteiger partial charge in [0.2, 0.25) is 0 Å². The maximum Gasteiger partial charge on any atom is 0.255 e. The summed E-state index contributed by atoms with van der Waals surface area (Å²) in [6, 6.07) is 2.02. The van der Waals surface area contributed by atoms with Crippen LogP contribution in [0.3, 0.4) is 0 Å². The second-order valence-electron chi connectivity index (χ2n) is 5.93. The van der Waals surface area contributed by atoms with Crippen molar-refractivity contribution in [2.45, 2.75) is 43.8 Å². The van der Waals surface area contributed by atoms with Crippen LogP contribution >= 0.6 is 11.8 Å². The largest absolute Gasteiger partial charge is 0.396 e. The zero-order chi connectivity index (χ0) is 15.7. The number of aliphatic hydroxyl groups is 1. The minimum absolute atomic E-state index is 0.00828. The average molecular weight is 319 g/mol. The van der Waals surface area contributed by atoms with Crippen molar-refractivity contribution in [1.82, 2.24) is 14.5 Å². The topological polar surface area (TPSA) is 68.0 Å². The number of hydrogen-bond acceptors (Lipinski definition) is 5. The van der Waals surface area contributed by atoms with E-state index in [1.807, 2.05) is 16.9 Å². The lowest BCUT2D eigenvalue weighted by Gasteiger charge is -2.21. The normalized spacial score (nSPS) is 21.6. The van der Waals surface area contributed by atoms with E-state index in [4.69, 9.17) is 0 Å². The molecule has 0 aromatic carbocycles. The Hall–Kier alpha value is -1.40. The predicted octanol–water partition coefficient (Wildman–Crippen LogP) is 2.41. The highest BCUT2D eigenvalue weighted by Gasteiger charge is 2.28. The Kier molecular flexibility index (Phi) is 4.49. The summed E-state index contributed by atoms with van der Waals surface area (Å²) >= 11 is 1.48. The van der Waals surface area contributed by atoms with Crippen LogP contribution in [0.1, 0.15) is 37.8 Å². The number of nitrogens with zero attached hydrogens (tertiary/aromatic N) is 3. The quantitative estimate of drug-likeness (QED) is 0.692. The van der Waals surface area contributed by atoms with E-state index in [0.717, 1.165) is 30.3 Å². The summed E-state index contributed by atoms with van der Waals surface area (Å²) in [4.78, 5) is 21.8. The highest BCUT2D eigenvalue weighted by atomic mass is 32.2. The molecular weight excluding hydrogens is 298 g/mol. The molecular formula is C16H21N3O2S. The van der Waals surface area contributed by atoms with E-state index >= 15 is 0 Å². The molecule has 5 nitrogen and oxygen atoms in total. The molecule has 0 bridgehead atoms. The number of aromatic nitrogens is 3. The van der Waals surface area contributed by atoms with Gasteiger partial charge >= 0.3 is 0 Å². The van der Waals surface area contributed by atoms with E-state index in [0.29, 0.717) is 23.1 Å².